The smallest absolute Gasteiger partial charge is 0.234 e. The zero-order valence-electron chi connectivity index (χ0n) is 18.6. The molecule has 4 aromatic rings. The van der Waals surface area contributed by atoms with E-state index in [9.17, 15) is 4.79 Å². The number of anilines is 1. The highest BCUT2D eigenvalue weighted by atomic mass is 35.5. The summed E-state index contributed by atoms with van der Waals surface area (Å²) in [5.41, 5.74) is 1.56. The van der Waals surface area contributed by atoms with Gasteiger partial charge in [0, 0.05) is 22.5 Å². The Balaban J connectivity index is 1.53. The zero-order chi connectivity index (χ0) is 23.9. The summed E-state index contributed by atoms with van der Waals surface area (Å²) in [6.07, 6.45) is -0.406. The number of rotatable bonds is 9. The average molecular weight is 495 g/mol. The molecule has 0 saturated heterocycles. The summed E-state index contributed by atoms with van der Waals surface area (Å²) in [6.45, 7) is 1.91. The van der Waals surface area contributed by atoms with E-state index in [4.69, 9.17) is 21.1 Å². The zero-order valence-corrected chi connectivity index (χ0v) is 20.2. The number of hydrogen-bond donors (Lipinski definition) is 1. The summed E-state index contributed by atoms with van der Waals surface area (Å²) in [4.78, 5) is 12.5. The molecule has 0 fully saturated rings. The van der Waals surface area contributed by atoms with Crippen LogP contribution in [0.4, 0.5) is 5.69 Å². The molecule has 0 radical (unpaired) electrons. The van der Waals surface area contributed by atoms with Crippen molar-refractivity contribution in [2.24, 2.45) is 0 Å². The van der Waals surface area contributed by atoms with E-state index in [1.54, 1.807) is 31.4 Å². The highest BCUT2D eigenvalue weighted by molar-refractivity contribution is 7.99. The maximum Gasteiger partial charge on any atom is 0.234 e. The molecule has 0 bridgehead atoms. The largest absolute Gasteiger partial charge is 0.497 e. The highest BCUT2D eigenvalue weighted by Crippen LogP contribution is 2.29. The van der Waals surface area contributed by atoms with Gasteiger partial charge >= 0.3 is 0 Å². The number of benzene rings is 3. The third-order valence-corrected chi connectivity index (χ3v) is 6.03. The molecule has 4 rings (SSSR count). The third kappa shape index (κ3) is 5.89. The van der Waals surface area contributed by atoms with Crippen LogP contribution in [0.2, 0.25) is 5.02 Å². The quantitative estimate of drug-likeness (QED) is 0.296. The second-order valence-electron chi connectivity index (χ2n) is 7.29. The van der Waals surface area contributed by atoms with Crippen LogP contribution in [0.15, 0.2) is 84.0 Å². The molecule has 0 spiro atoms. The Kier molecular flexibility index (Phi) is 7.72. The van der Waals surface area contributed by atoms with Crippen molar-refractivity contribution >= 4 is 35.0 Å². The molecule has 7 nitrogen and oxygen atoms in total. The molecule has 0 aliphatic rings. The van der Waals surface area contributed by atoms with Crippen LogP contribution in [0.1, 0.15) is 18.9 Å². The van der Waals surface area contributed by atoms with Gasteiger partial charge in [-0.05, 0) is 55.5 Å². The van der Waals surface area contributed by atoms with Crippen molar-refractivity contribution in [1.82, 2.24) is 14.8 Å². The summed E-state index contributed by atoms with van der Waals surface area (Å²) >= 11 is 7.21. The number of para-hydroxylation sites is 1. The number of halogens is 1. The average Bonchev–Trinajstić information content (AvgIpc) is 3.29. The molecular weight excluding hydrogens is 472 g/mol. The van der Waals surface area contributed by atoms with Crippen molar-refractivity contribution in [3.63, 3.8) is 0 Å². The maximum atomic E-state index is 12.5. The van der Waals surface area contributed by atoms with Crippen molar-refractivity contribution in [3.8, 4) is 17.2 Å². The fraction of sp³-hybridized carbons (Fsp3) is 0.160. The fourth-order valence-corrected chi connectivity index (χ4v) is 4.13. The van der Waals surface area contributed by atoms with Crippen LogP contribution in [-0.2, 0) is 4.79 Å². The van der Waals surface area contributed by atoms with E-state index in [1.807, 2.05) is 66.1 Å². The van der Waals surface area contributed by atoms with Gasteiger partial charge in [0.1, 0.15) is 11.5 Å². The number of nitrogens with zero attached hydrogens (tertiary/aromatic N) is 3. The van der Waals surface area contributed by atoms with E-state index in [-0.39, 0.29) is 11.7 Å². The van der Waals surface area contributed by atoms with Crippen LogP contribution in [0.3, 0.4) is 0 Å². The van der Waals surface area contributed by atoms with Crippen molar-refractivity contribution < 1.29 is 14.3 Å². The SMILES string of the molecule is COc1cccc(OC(C)c2nnc(SCC(=O)Nc3ccc(Cl)cc3)n2-c2ccccc2)c1. The van der Waals surface area contributed by atoms with Gasteiger partial charge in [-0.2, -0.15) is 0 Å². The normalized spacial score (nSPS) is 11.6. The predicted octanol–water partition coefficient (Wildman–Crippen LogP) is 5.80. The summed E-state index contributed by atoms with van der Waals surface area (Å²) in [5.74, 6) is 1.99. The molecular formula is C25H23ClN4O3S. The molecule has 174 valence electrons. The van der Waals surface area contributed by atoms with Crippen LogP contribution in [0, 0.1) is 0 Å². The lowest BCUT2D eigenvalue weighted by Crippen LogP contribution is -2.15. The van der Waals surface area contributed by atoms with Crippen LogP contribution in [-0.4, -0.2) is 33.5 Å². The first-order valence-corrected chi connectivity index (χ1v) is 11.9. The first kappa shape index (κ1) is 23.7. The topological polar surface area (TPSA) is 78.3 Å². The van der Waals surface area contributed by atoms with Crippen LogP contribution < -0.4 is 14.8 Å². The monoisotopic (exact) mass is 494 g/mol. The minimum Gasteiger partial charge on any atom is -0.497 e. The first-order chi connectivity index (χ1) is 16.5. The standard InChI is InChI=1S/C25H23ClN4O3S/c1-17(33-22-10-6-9-21(15-22)32-2)24-28-29-25(30(24)20-7-4-3-5-8-20)34-16-23(31)27-19-13-11-18(26)12-14-19/h3-15,17H,16H2,1-2H3,(H,27,31). The Labute approximate surface area is 207 Å². The van der Waals surface area contributed by atoms with E-state index < -0.39 is 6.10 Å². The minimum absolute atomic E-state index is 0.155. The molecule has 1 N–H and O–H groups in total. The number of carbonyl (C=O) groups excluding carboxylic acids is 1. The Morgan fingerprint density at radius 2 is 1.76 bits per heavy atom. The minimum atomic E-state index is -0.406. The summed E-state index contributed by atoms with van der Waals surface area (Å²) in [6, 6.07) is 24.1. The summed E-state index contributed by atoms with van der Waals surface area (Å²) in [7, 11) is 1.61. The Hall–Kier alpha value is -3.49. The van der Waals surface area contributed by atoms with E-state index in [1.165, 1.54) is 11.8 Å². The molecule has 3 aromatic carbocycles. The Morgan fingerprint density at radius 3 is 2.50 bits per heavy atom. The van der Waals surface area contributed by atoms with E-state index in [2.05, 4.69) is 15.5 Å². The van der Waals surface area contributed by atoms with Crippen LogP contribution in [0.5, 0.6) is 11.5 Å². The van der Waals surface area contributed by atoms with Crippen LogP contribution >= 0.6 is 23.4 Å². The van der Waals surface area contributed by atoms with Gasteiger partial charge in [0.15, 0.2) is 17.1 Å². The molecule has 1 heterocycles. The molecule has 0 aliphatic carbocycles. The fourth-order valence-electron chi connectivity index (χ4n) is 3.25. The molecule has 34 heavy (non-hydrogen) atoms. The lowest BCUT2D eigenvalue weighted by Gasteiger charge is -2.17. The van der Waals surface area contributed by atoms with Gasteiger partial charge < -0.3 is 14.8 Å². The van der Waals surface area contributed by atoms with Crippen molar-refractivity contribution in [1.29, 1.82) is 0 Å². The van der Waals surface area contributed by atoms with Crippen molar-refractivity contribution in [2.75, 3.05) is 18.2 Å². The maximum absolute atomic E-state index is 12.5. The molecule has 0 saturated carbocycles. The third-order valence-electron chi connectivity index (χ3n) is 4.85. The molecule has 0 aliphatic heterocycles. The molecule has 1 unspecified atom stereocenters. The Bertz CT molecular complexity index is 1250. The number of methoxy groups -OCH3 is 1. The van der Waals surface area contributed by atoms with E-state index in [0.29, 0.717) is 33.2 Å². The molecule has 1 atom stereocenters. The van der Waals surface area contributed by atoms with Gasteiger partial charge in [-0.3, -0.25) is 9.36 Å². The number of hydrogen-bond acceptors (Lipinski definition) is 6. The Morgan fingerprint density at radius 1 is 1.03 bits per heavy atom. The van der Waals surface area contributed by atoms with Crippen molar-refractivity contribution in [3.05, 3.63) is 89.7 Å². The van der Waals surface area contributed by atoms with E-state index >= 15 is 0 Å². The number of aromatic nitrogens is 3. The molecule has 9 heteroatoms. The number of ether oxygens (including phenoxy) is 2. The van der Waals surface area contributed by atoms with Gasteiger partial charge in [0.05, 0.1) is 12.9 Å². The lowest BCUT2D eigenvalue weighted by atomic mass is 10.3. The second kappa shape index (κ2) is 11.1. The van der Waals surface area contributed by atoms with Gasteiger partial charge in [-0.1, -0.05) is 47.6 Å². The van der Waals surface area contributed by atoms with Gasteiger partial charge in [0.25, 0.3) is 0 Å². The van der Waals surface area contributed by atoms with Gasteiger partial charge in [0.2, 0.25) is 5.91 Å². The second-order valence-corrected chi connectivity index (χ2v) is 8.67. The van der Waals surface area contributed by atoms with E-state index in [0.717, 1.165) is 5.69 Å². The summed E-state index contributed by atoms with van der Waals surface area (Å²) < 4.78 is 13.3. The van der Waals surface area contributed by atoms with Gasteiger partial charge in [-0.25, -0.2) is 0 Å². The number of carbonyl (C=O) groups is 1. The predicted molar refractivity (Wildman–Crippen MR) is 134 cm³/mol. The molecule has 1 aromatic heterocycles. The number of nitrogens with one attached hydrogen (secondary N) is 1. The number of amides is 1. The number of thioether (sulfide) groups is 1. The highest BCUT2D eigenvalue weighted by Gasteiger charge is 2.22. The summed E-state index contributed by atoms with van der Waals surface area (Å²) in [5, 5.41) is 12.8. The van der Waals surface area contributed by atoms with Crippen LogP contribution in [0.25, 0.3) is 5.69 Å². The lowest BCUT2D eigenvalue weighted by molar-refractivity contribution is -0.113. The van der Waals surface area contributed by atoms with Crippen molar-refractivity contribution in [2.45, 2.75) is 18.2 Å². The first-order valence-electron chi connectivity index (χ1n) is 10.5. The molecule has 1 amide bonds. The van der Waals surface area contributed by atoms with Gasteiger partial charge in [-0.15, -0.1) is 10.2 Å².